The van der Waals surface area contributed by atoms with E-state index >= 15 is 0 Å². The predicted octanol–water partition coefficient (Wildman–Crippen LogP) is 6.01. The Morgan fingerprint density at radius 3 is 2.37 bits per heavy atom. The lowest BCUT2D eigenvalue weighted by atomic mass is 9.93. The van der Waals surface area contributed by atoms with E-state index in [1.165, 1.54) is 5.56 Å². The molecule has 0 radical (unpaired) electrons. The summed E-state index contributed by atoms with van der Waals surface area (Å²) in [5.74, 6) is 1.57. The Kier molecular flexibility index (Phi) is 6.06. The van der Waals surface area contributed by atoms with Crippen molar-refractivity contribution >= 4 is 17.3 Å². The van der Waals surface area contributed by atoms with Crippen LogP contribution in [0.15, 0.2) is 89.1 Å². The second-order valence-corrected chi connectivity index (χ2v) is 8.30. The van der Waals surface area contributed by atoms with Crippen LogP contribution in [-0.4, -0.2) is 23.3 Å². The molecule has 1 aliphatic heterocycles. The summed E-state index contributed by atoms with van der Waals surface area (Å²) in [5.41, 5.74) is 5.20. The number of aryl methyl sites for hydroxylation is 1. The molecule has 4 aromatic rings. The Bertz CT molecular complexity index is 1360. The second-order valence-electron chi connectivity index (χ2n) is 8.30. The first-order chi connectivity index (χ1) is 17.1. The van der Waals surface area contributed by atoms with Gasteiger partial charge in [-0.1, -0.05) is 66.7 Å². The van der Waals surface area contributed by atoms with Crippen LogP contribution < -0.4 is 15.0 Å². The number of hydrogen-bond acceptors (Lipinski definition) is 5. The first-order valence-electron chi connectivity index (χ1n) is 11.5. The highest BCUT2D eigenvalue weighted by atomic mass is 16.5. The van der Waals surface area contributed by atoms with Crippen LogP contribution in [-0.2, 0) is 6.42 Å². The lowest BCUT2D eigenvalue weighted by molar-refractivity contribution is 0.244. The van der Waals surface area contributed by atoms with E-state index in [-0.39, 0.29) is 6.03 Å². The molecule has 176 valence electrons. The maximum atomic E-state index is 13.4. The van der Waals surface area contributed by atoms with Gasteiger partial charge in [-0.25, -0.2) is 4.79 Å². The van der Waals surface area contributed by atoms with E-state index in [1.54, 1.807) is 12.0 Å². The van der Waals surface area contributed by atoms with E-state index in [0.717, 1.165) is 23.1 Å². The van der Waals surface area contributed by atoms with Crippen LogP contribution in [0, 0.1) is 0 Å². The average Bonchev–Trinajstić information content (AvgIpc) is 3.39. The summed E-state index contributed by atoms with van der Waals surface area (Å²) < 4.78 is 11.0. The minimum absolute atomic E-state index is 0.233. The molecule has 2 heterocycles. The van der Waals surface area contributed by atoms with Gasteiger partial charge in [-0.2, -0.15) is 4.98 Å². The topological polar surface area (TPSA) is 80.5 Å². The van der Waals surface area contributed by atoms with E-state index in [9.17, 15) is 4.79 Å². The highest BCUT2D eigenvalue weighted by Crippen LogP contribution is 2.39. The van der Waals surface area contributed by atoms with Crippen molar-refractivity contribution in [2.75, 3.05) is 12.0 Å². The molecular formula is C28H26N4O3. The molecule has 2 amide bonds. The summed E-state index contributed by atoms with van der Waals surface area (Å²) in [6.45, 7) is 4.02. The predicted molar refractivity (Wildman–Crippen MR) is 135 cm³/mol. The molecule has 0 fully saturated rings. The molecule has 1 atom stereocenters. The molecule has 5 rings (SSSR count). The van der Waals surface area contributed by atoms with Crippen molar-refractivity contribution in [2.45, 2.75) is 26.3 Å². The number of anilines is 1. The van der Waals surface area contributed by atoms with Gasteiger partial charge in [0.05, 0.1) is 24.4 Å². The van der Waals surface area contributed by atoms with Gasteiger partial charge in [0, 0.05) is 11.3 Å². The quantitative estimate of drug-likeness (QED) is 0.376. The minimum atomic E-state index is -0.438. The maximum absolute atomic E-state index is 13.4. The van der Waals surface area contributed by atoms with Gasteiger partial charge in [0.2, 0.25) is 5.82 Å². The zero-order valence-electron chi connectivity index (χ0n) is 19.9. The second kappa shape index (κ2) is 9.46. The molecule has 1 aliphatic rings. The zero-order valence-corrected chi connectivity index (χ0v) is 19.9. The normalized spacial score (nSPS) is 15.8. The molecular weight excluding hydrogens is 440 g/mol. The molecule has 35 heavy (non-hydrogen) atoms. The van der Waals surface area contributed by atoms with Crippen LogP contribution >= 0.6 is 0 Å². The lowest BCUT2D eigenvalue weighted by Gasteiger charge is -2.35. The summed E-state index contributed by atoms with van der Waals surface area (Å²) in [5, 5.41) is 7.37. The standard InChI is InChI=1S/C28H26N4O3/c1-4-19-10-12-20(13-11-19)25-24(27-30-26(31-35-27)21-8-6-5-7-9-21)18(2)32(28(33)29-25)22-14-16-23(34-3)17-15-22/h5-17,25H,4H2,1-3H3,(H,29,33). The van der Waals surface area contributed by atoms with E-state index in [2.05, 4.69) is 29.5 Å². The van der Waals surface area contributed by atoms with Gasteiger partial charge in [0.15, 0.2) is 0 Å². The van der Waals surface area contributed by atoms with Crippen LogP contribution in [0.1, 0.15) is 36.9 Å². The number of nitrogens with one attached hydrogen (secondary N) is 1. The highest BCUT2D eigenvalue weighted by Gasteiger charge is 2.36. The molecule has 1 aromatic heterocycles. The summed E-state index contributed by atoms with van der Waals surface area (Å²) in [7, 11) is 1.61. The van der Waals surface area contributed by atoms with Crippen molar-refractivity contribution in [3.8, 4) is 17.1 Å². The van der Waals surface area contributed by atoms with Crippen molar-refractivity contribution in [1.29, 1.82) is 0 Å². The van der Waals surface area contributed by atoms with E-state index in [4.69, 9.17) is 14.2 Å². The van der Waals surface area contributed by atoms with Crippen LogP contribution in [0.25, 0.3) is 17.0 Å². The molecule has 1 N–H and O–H groups in total. The molecule has 7 heteroatoms. The number of carbonyl (C=O) groups is 1. The number of aromatic nitrogens is 2. The van der Waals surface area contributed by atoms with Gasteiger partial charge < -0.3 is 14.6 Å². The molecule has 0 aliphatic carbocycles. The molecule has 7 nitrogen and oxygen atoms in total. The van der Waals surface area contributed by atoms with Gasteiger partial charge in [0.25, 0.3) is 5.89 Å². The summed E-state index contributed by atoms with van der Waals surface area (Å²) in [6.07, 6.45) is 0.939. The van der Waals surface area contributed by atoms with Crippen molar-refractivity contribution in [3.63, 3.8) is 0 Å². The Labute approximate surface area is 204 Å². The number of ether oxygens (including phenoxy) is 1. The van der Waals surface area contributed by atoms with E-state index in [0.29, 0.717) is 28.8 Å². The fourth-order valence-corrected chi connectivity index (χ4v) is 4.30. The zero-order chi connectivity index (χ0) is 24.4. The minimum Gasteiger partial charge on any atom is -0.497 e. The summed E-state index contributed by atoms with van der Waals surface area (Å²) >= 11 is 0. The molecule has 0 saturated carbocycles. The third kappa shape index (κ3) is 4.28. The molecule has 0 saturated heterocycles. The number of methoxy groups -OCH3 is 1. The van der Waals surface area contributed by atoms with Crippen molar-refractivity contribution in [2.24, 2.45) is 0 Å². The number of urea groups is 1. The average molecular weight is 467 g/mol. The van der Waals surface area contributed by atoms with Gasteiger partial charge in [-0.05, 0) is 48.7 Å². The Hall–Kier alpha value is -4.39. The number of amides is 2. The fraction of sp³-hybridized carbons (Fsp3) is 0.179. The van der Waals surface area contributed by atoms with E-state index in [1.807, 2.05) is 73.7 Å². The van der Waals surface area contributed by atoms with Gasteiger partial charge in [0.1, 0.15) is 5.75 Å². The number of nitrogens with zero attached hydrogens (tertiary/aromatic N) is 3. The third-order valence-electron chi connectivity index (χ3n) is 6.23. The largest absolute Gasteiger partial charge is 0.497 e. The molecule has 0 bridgehead atoms. The van der Waals surface area contributed by atoms with Crippen molar-refractivity contribution in [3.05, 3.63) is 102 Å². The monoisotopic (exact) mass is 466 g/mol. The fourth-order valence-electron chi connectivity index (χ4n) is 4.30. The summed E-state index contributed by atoms with van der Waals surface area (Å²) in [4.78, 5) is 19.7. The van der Waals surface area contributed by atoms with Crippen LogP contribution in [0.4, 0.5) is 10.5 Å². The highest BCUT2D eigenvalue weighted by molar-refractivity contribution is 6.01. The third-order valence-corrected chi connectivity index (χ3v) is 6.23. The Morgan fingerprint density at radius 1 is 1.00 bits per heavy atom. The van der Waals surface area contributed by atoms with Gasteiger partial charge >= 0.3 is 6.03 Å². The Balaban J connectivity index is 1.63. The smallest absolute Gasteiger partial charge is 0.326 e. The number of hydrogen-bond donors (Lipinski definition) is 1. The number of benzene rings is 3. The van der Waals surface area contributed by atoms with Crippen molar-refractivity contribution < 1.29 is 14.1 Å². The number of carbonyl (C=O) groups excluding carboxylic acids is 1. The van der Waals surface area contributed by atoms with Crippen LogP contribution in [0.5, 0.6) is 5.75 Å². The first-order valence-corrected chi connectivity index (χ1v) is 11.5. The van der Waals surface area contributed by atoms with E-state index < -0.39 is 6.04 Å². The van der Waals surface area contributed by atoms with Crippen molar-refractivity contribution in [1.82, 2.24) is 15.5 Å². The SMILES string of the molecule is CCc1ccc(C2NC(=O)N(c3ccc(OC)cc3)C(C)=C2c2nc(-c3ccccc3)no2)cc1. The number of allylic oxidation sites excluding steroid dienone is 1. The molecule has 0 spiro atoms. The Morgan fingerprint density at radius 2 is 1.71 bits per heavy atom. The lowest BCUT2D eigenvalue weighted by Crippen LogP contribution is -2.46. The van der Waals surface area contributed by atoms with Gasteiger partial charge in [-0.15, -0.1) is 0 Å². The first kappa shape index (κ1) is 22.4. The van der Waals surface area contributed by atoms with Gasteiger partial charge in [-0.3, -0.25) is 4.90 Å². The summed E-state index contributed by atoms with van der Waals surface area (Å²) in [6, 6.07) is 24.6. The number of rotatable bonds is 6. The molecule has 3 aromatic carbocycles. The van der Waals surface area contributed by atoms with Crippen LogP contribution in [0.3, 0.4) is 0 Å². The van der Waals surface area contributed by atoms with Crippen LogP contribution in [0.2, 0.25) is 0 Å². The maximum Gasteiger partial charge on any atom is 0.326 e. The molecule has 1 unspecified atom stereocenters.